The van der Waals surface area contributed by atoms with Gasteiger partial charge >= 0.3 is 0 Å². The Kier molecular flexibility index (Phi) is 4.39. The van der Waals surface area contributed by atoms with Crippen LogP contribution in [0.1, 0.15) is 25.0 Å². The van der Waals surface area contributed by atoms with Crippen molar-refractivity contribution in [3.05, 3.63) is 29.6 Å². The van der Waals surface area contributed by atoms with E-state index >= 15 is 0 Å². The van der Waals surface area contributed by atoms with Gasteiger partial charge < -0.3 is 15.5 Å². The number of para-hydroxylation sites is 1. The first-order chi connectivity index (χ1) is 7.56. The van der Waals surface area contributed by atoms with E-state index in [1.807, 2.05) is 0 Å². The van der Waals surface area contributed by atoms with Crippen LogP contribution in [0.3, 0.4) is 0 Å². The number of anilines is 1. The maximum atomic E-state index is 13.4. The predicted molar refractivity (Wildman–Crippen MR) is 57.4 cm³/mol. The third-order valence-electron chi connectivity index (χ3n) is 2.11. The molecule has 4 nitrogen and oxygen atoms in total. The highest BCUT2D eigenvalue weighted by Crippen LogP contribution is 2.27. The molecule has 16 heavy (non-hydrogen) atoms. The normalized spacial score (nSPS) is 12.2. The molecule has 0 saturated carbocycles. The maximum absolute atomic E-state index is 13.4. The number of carbonyl (C=O) groups is 1. The van der Waals surface area contributed by atoms with Crippen LogP contribution in [0.5, 0.6) is 0 Å². The van der Waals surface area contributed by atoms with Crippen LogP contribution in [0.15, 0.2) is 18.2 Å². The summed E-state index contributed by atoms with van der Waals surface area (Å²) in [6.07, 6.45) is -0.904. The van der Waals surface area contributed by atoms with Gasteiger partial charge in [0.2, 0.25) is 5.91 Å². The summed E-state index contributed by atoms with van der Waals surface area (Å²) in [6.45, 7) is 1.05. The summed E-state index contributed by atoms with van der Waals surface area (Å²) in [6, 6.07) is 4.14. The fourth-order valence-electron chi connectivity index (χ4n) is 1.40. The summed E-state index contributed by atoms with van der Waals surface area (Å²) in [5.41, 5.74) is 0.236. The highest BCUT2D eigenvalue weighted by molar-refractivity contribution is 5.89. The van der Waals surface area contributed by atoms with Crippen molar-refractivity contribution in [2.24, 2.45) is 0 Å². The summed E-state index contributed by atoms with van der Waals surface area (Å²) in [4.78, 5) is 10.9. The minimum atomic E-state index is -0.998. The molecule has 0 heterocycles. The zero-order valence-corrected chi connectivity index (χ0v) is 8.90. The standard InChI is InChI=1S/C11H14FNO3/c1-7(15)13-11-8(10(16)5-6-14)3-2-4-9(11)12/h2-4,10,14,16H,5-6H2,1H3,(H,13,15). The highest BCUT2D eigenvalue weighted by Gasteiger charge is 2.16. The van der Waals surface area contributed by atoms with E-state index in [0.717, 1.165) is 0 Å². The molecule has 1 atom stereocenters. The smallest absolute Gasteiger partial charge is 0.221 e. The molecule has 0 aromatic heterocycles. The van der Waals surface area contributed by atoms with Gasteiger partial charge in [0.15, 0.2) is 0 Å². The van der Waals surface area contributed by atoms with E-state index in [4.69, 9.17) is 5.11 Å². The van der Waals surface area contributed by atoms with Gasteiger partial charge in [-0.2, -0.15) is 0 Å². The Morgan fingerprint density at radius 1 is 1.56 bits per heavy atom. The number of aliphatic hydroxyl groups excluding tert-OH is 2. The Morgan fingerprint density at radius 2 is 2.25 bits per heavy atom. The number of aliphatic hydroxyl groups is 2. The van der Waals surface area contributed by atoms with Gasteiger partial charge in [0, 0.05) is 25.5 Å². The van der Waals surface area contributed by atoms with Crippen molar-refractivity contribution in [3.63, 3.8) is 0 Å². The number of amides is 1. The van der Waals surface area contributed by atoms with Gasteiger partial charge in [0.05, 0.1) is 11.8 Å². The van der Waals surface area contributed by atoms with Crippen LogP contribution in [0, 0.1) is 5.82 Å². The van der Waals surface area contributed by atoms with E-state index in [0.29, 0.717) is 0 Å². The lowest BCUT2D eigenvalue weighted by Gasteiger charge is -2.15. The minimum absolute atomic E-state index is 0.0315. The van der Waals surface area contributed by atoms with Crippen molar-refractivity contribution in [1.29, 1.82) is 0 Å². The van der Waals surface area contributed by atoms with Crippen LogP contribution in [0.2, 0.25) is 0 Å². The third kappa shape index (κ3) is 3.01. The molecule has 0 aliphatic carbocycles. The second kappa shape index (κ2) is 5.58. The number of halogens is 1. The molecule has 3 N–H and O–H groups in total. The molecule has 0 aliphatic heterocycles. The molecule has 1 amide bonds. The zero-order valence-electron chi connectivity index (χ0n) is 8.90. The summed E-state index contributed by atoms with van der Waals surface area (Å²) < 4.78 is 13.4. The van der Waals surface area contributed by atoms with Crippen molar-refractivity contribution in [1.82, 2.24) is 0 Å². The molecule has 0 spiro atoms. The topological polar surface area (TPSA) is 69.6 Å². The van der Waals surface area contributed by atoms with E-state index in [1.165, 1.54) is 25.1 Å². The molecule has 5 heteroatoms. The number of nitrogens with one attached hydrogen (secondary N) is 1. The molecule has 0 aliphatic rings. The van der Waals surface area contributed by atoms with Gasteiger partial charge in [0.1, 0.15) is 5.82 Å². The Bertz CT molecular complexity index is 381. The molecule has 0 radical (unpaired) electrons. The molecular weight excluding hydrogens is 213 g/mol. The van der Waals surface area contributed by atoms with Gasteiger partial charge in [-0.15, -0.1) is 0 Å². The van der Waals surface area contributed by atoms with Gasteiger partial charge in [-0.25, -0.2) is 4.39 Å². The maximum Gasteiger partial charge on any atom is 0.221 e. The number of rotatable bonds is 4. The lowest BCUT2D eigenvalue weighted by molar-refractivity contribution is -0.114. The molecule has 1 unspecified atom stereocenters. The highest BCUT2D eigenvalue weighted by atomic mass is 19.1. The van der Waals surface area contributed by atoms with Gasteiger partial charge in [0.25, 0.3) is 0 Å². The van der Waals surface area contributed by atoms with Crippen molar-refractivity contribution in [2.45, 2.75) is 19.4 Å². The van der Waals surface area contributed by atoms with E-state index in [9.17, 15) is 14.3 Å². The van der Waals surface area contributed by atoms with Crippen LogP contribution in [0.25, 0.3) is 0 Å². The number of carbonyl (C=O) groups excluding carboxylic acids is 1. The van der Waals surface area contributed by atoms with E-state index in [2.05, 4.69) is 5.32 Å². The van der Waals surface area contributed by atoms with Crippen LogP contribution < -0.4 is 5.32 Å². The number of benzene rings is 1. The molecule has 1 rings (SSSR count). The van der Waals surface area contributed by atoms with Gasteiger partial charge in [-0.3, -0.25) is 4.79 Å². The first kappa shape index (κ1) is 12.6. The second-order valence-corrected chi connectivity index (χ2v) is 3.41. The molecule has 0 saturated heterocycles. The Balaban J connectivity index is 3.06. The van der Waals surface area contributed by atoms with Gasteiger partial charge in [-0.05, 0) is 6.07 Å². The molecule has 88 valence electrons. The third-order valence-corrected chi connectivity index (χ3v) is 2.11. The van der Waals surface area contributed by atoms with Gasteiger partial charge in [-0.1, -0.05) is 12.1 Å². The number of hydrogen-bond donors (Lipinski definition) is 3. The lowest BCUT2D eigenvalue weighted by atomic mass is 10.0. The molecule has 1 aromatic rings. The van der Waals surface area contributed by atoms with E-state index in [1.54, 1.807) is 0 Å². The zero-order chi connectivity index (χ0) is 12.1. The lowest BCUT2D eigenvalue weighted by Crippen LogP contribution is -2.12. The first-order valence-electron chi connectivity index (χ1n) is 4.91. The number of hydrogen-bond acceptors (Lipinski definition) is 3. The van der Waals surface area contributed by atoms with E-state index < -0.39 is 17.8 Å². The van der Waals surface area contributed by atoms with Crippen LogP contribution in [0.4, 0.5) is 10.1 Å². The molecular formula is C11H14FNO3. The van der Waals surface area contributed by atoms with Crippen LogP contribution in [-0.4, -0.2) is 22.7 Å². The Labute approximate surface area is 92.7 Å². The quantitative estimate of drug-likeness (QED) is 0.723. The van der Waals surface area contributed by atoms with Crippen molar-refractivity contribution < 1.29 is 19.4 Å². The average Bonchev–Trinajstić information content (AvgIpc) is 2.20. The molecule has 0 bridgehead atoms. The molecule has 0 fully saturated rings. The summed E-state index contributed by atoms with van der Waals surface area (Å²) in [7, 11) is 0. The van der Waals surface area contributed by atoms with Crippen molar-refractivity contribution in [3.8, 4) is 0 Å². The second-order valence-electron chi connectivity index (χ2n) is 3.41. The SMILES string of the molecule is CC(=O)Nc1c(F)cccc1C(O)CCO. The van der Waals surface area contributed by atoms with Crippen LogP contribution >= 0.6 is 0 Å². The molecule has 1 aromatic carbocycles. The summed E-state index contributed by atoms with van der Waals surface area (Å²) >= 11 is 0. The van der Waals surface area contributed by atoms with E-state index in [-0.39, 0.29) is 24.3 Å². The van der Waals surface area contributed by atoms with Crippen molar-refractivity contribution in [2.75, 3.05) is 11.9 Å². The largest absolute Gasteiger partial charge is 0.396 e. The average molecular weight is 227 g/mol. The summed E-state index contributed by atoms with van der Waals surface area (Å²) in [5.74, 6) is -1.02. The minimum Gasteiger partial charge on any atom is -0.396 e. The fraction of sp³-hybridized carbons (Fsp3) is 0.364. The summed E-state index contributed by atoms with van der Waals surface area (Å²) in [5, 5.41) is 20.7. The Hall–Kier alpha value is -1.46. The fourth-order valence-corrected chi connectivity index (χ4v) is 1.40. The monoisotopic (exact) mass is 227 g/mol. The van der Waals surface area contributed by atoms with Crippen molar-refractivity contribution >= 4 is 11.6 Å². The first-order valence-corrected chi connectivity index (χ1v) is 4.91. The Morgan fingerprint density at radius 3 is 2.81 bits per heavy atom. The van der Waals surface area contributed by atoms with Crippen LogP contribution in [-0.2, 0) is 4.79 Å². The predicted octanol–water partition coefficient (Wildman–Crippen LogP) is 1.20.